The van der Waals surface area contributed by atoms with Crippen LogP contribution in [0.3, 0.4) is 0 Å². The maximum Gasteiger partial charge on any atom is 0.222 e. The van der Waals surface area contributed by atoms with E-state index < -0.39 is 0 Å². The van der Waals surface area contributed by atoms with Crippen molar-refractivity contribution in [2.75, 3.05) is 27.2 Å². The summed E-state index contributed by atoms with van der Waals surface area (Å²) in [5.74, 6) is 1.36. The first-order valence-electron chi connectivity index (χ1n) is 9.37. The van der Waals surface area contributed by atoms with Gasteiger partial charge in [-0.25, -0.2) is 0 Å². The van der Waals surface area contributed by atoms with Crippen LogP contribution in [0, 0.1) is 11.8 Å². The number of carbonyl (C=O) groups is 2. The minimum atomic E-state index is 0.240. The smallest absolute Gasteiger partial charge is 0.222 e. The fourth-order valence-corrected chi connectivity index (χ4v) is 3.44. The Bertz CT molecular complexity index is 440. The number of hydrogen-bond acceptors (Lipinski definition) is 2. The van der Waals surface area contributed by atoms with Gasteiger partial charge in [0.1, 0.15) is 0 Å². The molecule has 134 valence electrons. The van der Waals surface area contributed by atoms with E-state index >= 15 is 0 Å². The Morgan fingerprint density at radius 2 is 1.25 bits per heavy atom. The molecule has 4 heteroatoms. The number of unbranched alkanes of at least 4 members (excludes halogenated alkanes) is 1. The Morgan fingerprint density at radius 3 is 1.58 bits per heavy atom. The third-order valence-electron chi connectivity index (χ3n) is 5.19. The monoisotopic (exact) mass is 332 g/mol. The van der Waals surface area contributed by atoms with Crippen molar-refractivity contribution in [1.29, 1.82) is 0 Å². The van der Waals surface area contributed by atoms with E-state index in [1.165, 1.54) is 0 Å². The lowest BCUT2D eigenvalue weighted by Gasteiger charge is -2.21. The number of allylic oxidation sites excluding steroid dienone is 4. The summed E-state index contributed by atoms with van der Waals surface area (Å²) in [5, 5.41) is 0. The van der Waals surface area contributed by atoms with E-state index in [0.29, 0.717) is 24.7 Å². The van der Waals surface area contributed by atoms with Crippen molar-refractivity contribution < 1.29 is 9.59 Å². The number of hydrogen-bond donors (Lipinski definition) is 0. The molecule has 0 radical (unpaired) electrons. The molecule has 0 aliphatic heterocycles. The number of amides is 2. The molecular formula is C20H32N2O2. The molecule has 2 amide bonds. The molecule has 2 rings (SSSR count). The molecular weight excluding hydrogens is 300 g/mol. The number of carbonyl (C=O) groups excluding carboxylic acids is 2. The second-order valence-corrected chi connectivity index (χ2v) is 7.28. The van der Waals surface area contributed by atoms with Crippen LogP contribution in [0.1, 0.15) is 51.4 Å². The van der Waals surface area contributed by atoms with E-state index in [1.54, 1.807) is 0 Å². The molecule has 0 heterocycles. The van der Waals surface area contributed by atoms with Gasteiger partial charge in [-0.15, -0.1) is 0 Å². The molecule has 0 saturated carbocycles. The van der Waals surface area contributed by atoms with Crippen molar-refractivity contribution in [3.05, 3.63) is 24.3 Å². The molecule has 2 aliphatic rings. The van der Waals surface area contributed by atoms with E-state index in [-0.39, 0.29) is 11.8 Å². The average molecular weight is 332 g/mol. The Morgan fingerprint density at radius 1 is 0.833 bits per heavy atom. The van der Waals surface area contributed by atoms with Crippen LogP contribution in [0.4, 0.5) is 0 Å². The van der Waals surface area contributed by atoms with Crippen LogP contribution in [-0.2, 0) is 9.59 Å². The number of nitrogens with zero attached hydrogens (tertiary/aromatic N) is 2. The van der Waals surface area contributed by atoms with Gasteiger partial charge in [0, 0.05) is 40.0 Å². The summed E-state index contributed by atoms with van der Waals surface area (Å²) in [6.45, 7) is 1.56. The van der Waals surface area contributed by atoms with Crippen LogP contribution in [0.2, 0.25) is 0 Å². The Hall–Kier alpha value is -1.58. The van der Waals surface area contributed by atoms with Gasteiger partial charge in [-0.05, 0) is 50.4 Å². The van der Waals surface area contributed by atoms with Crippen LogP contribution in [0.15, 0.2) is 24.3 Å². The maximum atomic E-state index is 12.1. The topological polar surface area (TPSA) is 40.6 Å². The third kappa shape index (κ3) is 6.14. The van der Waals surface area contributed by atoms with E-state index in [1.807, 2.05) is 23.9 Å². The first-order chi connectivity index (χ1) is 11.6. The van der Waals surface area contributed by atoms with Gasteiger partial charge in [0.2, 0.25) is 11.8 Å². The summed E-state index contributed by atoms with van der Waals surface area (Å²) in [6, 6.07) is 0. The Kier molecular flexibility index (Phi) is 7.54. The van der Waals surface area contributed by atoms with E-state index in [9.17, 15) is 9.59 Å². The average Bonchev–Trinajstić information content (AvgIpc) is 3.24. The van der Waals surface area contributed by atoms with Crippen LogP contribution in [0.5, 0.6) is 0 Å². The molecule has 0 aromatic carbocycles. The van der Waals surface area contributed by atoms with Gasteiger partial charge in [0.15, 0.2) is 0 Å². The molecule has 0 saturated heterocycles. The summed E-state index contributed by atoms with van der Waals surface area (Å²) >= 11 is 0. The molecule has 24 heavy (non-hydrogen) atoms. The molecule has 4 nitrogen and oxygen atoms in total. The highest BCUT2D eigenvalue weighted by atomic mass is 16.2. The van der Waals surface area contributed by atoms with Gasteiger partial charge in [0.25, 0.3) is 0 Å². The van der Waals surface area contributed by atoms with Crippen molar-refractivity contribution in [2.24, 2.45) is 11.8 Å². The zero-order valence-corrected chi connectivity index (χ0v) is 15.2. The highest BCUT2D eigenvalue weighted by Crippen LogP contribution is 2.22. The van der Waals surface area contributed by atoms with Gasteiger partial charge in [0.05, 0.1) is 0 Å². The summed E-state index contributed by atoms with van der Waals surface area (Å²) in [4.78, 5) is 28.0. The standard InChI is InChI=1S/C20H32N2O2/c1-21(19(23)15-17-9-3-4-10-17)13-7-8-14-22(2)20(24)16-18-11-5-6-12-18/h3,5,9,11,17-18H,4,6-8,10,12-16H2,1-2H3/t17-,18-/m0/s1. The maximum absolute atomic E-state index is 12.1. The van der Waals surface area contributed by atoms with Crippen LogP contribution in [-0.4, -0.2) is 48.8 Å². The summed E-state index contributed by atoms with van der Waals surface area (Å²) in [5.41, 5.74) is 0. The fraction of sp³-hybridized carbons (Fsp3) is 0.700. The normalized spacial score (nSPS) is 22.1. The lowest BCUT2D eigenvalue weighted by molar-refractivity contribution is -0.132. The summed E-state index contributed by atoms with van der Waals surface area (Å²) in [6.07, 6.45) is 16.3. The molecule has 0 unspecified atom stereocenters. The highest BCUT2D eigenvalue weighted by molar-refractivity contribution is 5.76. The van der Waals surface area contributed by atoms with Crippen molar-refractivity contribution in [1.82, 2.24) is 9.80 Å². The quantitative estimate of drug-likeness (QED) is 0.480. The molecule has 0 fully saturated rings. The van der Waals surface area contributed by atoms with Crippen LogP contribution in [0.25, 0.3) is 0 Å². The first-order valence-corrected chi connectivity index (χ1v) is 9.37. The largest absolute Gasteiger partial charge is 0.346 e. The van der Waals surface area contributed by atoms with Crippen LogP contribution >= 0.6 is 0 Å². The predicted octanol–water partition coefficient (Wildman–Crippen LogP) is 3.40. The van der Waals surface area contributed by atoms with E-state index in [2.05, 4.69) is 24.3 Å². The fourth-order valence-electron chi connectivity index (χ4n) is 3.44. The minimum Gasteiger partial charge on any atom is -0.346 e. The second-order valence-electron chi connectivity index (χ2n) is 7.28. The van der Waals surface area contributed by atoms with Gasteiger partial charge in [-0.3, -0.25) is 9.59 Å². The highest BCUT2D eigenvalue weighted by Gasteiger charge is 2.18. The van der Waals surface area contributed by atoms with Gasteiger partial charge >= 0.3 is 0 Å². The molecule has 0 spiro atoms. The molecule has 2 atom stereocenters. The zero-order chi connectivity index (χ0) is 17.4. The summed E-state index contributed by atoms with van der Waals surface area (Å²) < 4.78 is 0. The Labute approximate surface area is 146 Å². The van der Waals surface area contributed by atoms with Gasteiger partial charge < -0.3 is 9.80 Å². The van der Waals surface area contributed by atoms with Gasteiger partial charge in [-0.1, -0.05) is 24.3 Å². The minimum absolute atomic E-state index is 0.240. The predicted molar refractivity (Wildman–Crippen MR) is 97.5 cm³/mol. The van der Waals surface area contributed by atoms with Crippen molar-refractivity contribution in [3.8, 4) is 0 Å². The van der Waals surface area contributed by atoms with E-state index in [4.69, 9.17) is 0 Å². The first kappa shape index (κ1) is 18.8. The lowest BCUT2D eigenvalue weighted by Crippen LogP contribution is -2.31. The van der Waals surface area contributed by atoms with Crippen molar-refractivity contribution in [2.45, 2.75) is 51.4 Å². The SMILES string of the molecule is CN(CCCCN(C)C(=O)C[C@H]1C=CCC1)C(=O)C[C@H]1C=CCC1. The van der Waals surface area contributed by atoms with E-state index in [0.717, 1.165) is 51.6 Å². The second kappa shape index (κ2) is 9.65. The molecule has 0 aromatic heterocycles. The molecule has 0 N–H and O–H groups in total. The lowest BCUT2D eigenvalue weighted by atomic mass is 10.0. The van der Waals surface area contributed by atoms with Crippen molar-refractivity contribution >= 4 is 11.8 Å². The Balaban J connectivity index is 1.55. The third-order valence-corrected chi connectivity index (χ3v) is 5.19. The number of rotatable bonds is 9. The zero-order valence-electron chi connectivity index (χ0n) is 15.2. The molecule has 0 bridgehead atoms. The van der Waals surface area contributed by atoms with Gasteiger partial charge in [-0.2, -0.15) is 0 Å². The van der Waals surface area contributed by atoms with Crippen molar-refractivity contribution in [3.63, 3.8) is 0 Å². The molecule has 0 aromatic rings. The van der Waals surface area contributed by atoms with Crippen LogP contribution < -0.4 is 0 Å². The molecule has 2 aliphatic carbocycles. The summed E-state index contributed by atoms with van der Waals surface area (Å²) in [7, 11) is 3.78.